The molecule has 0 aliphatic rings. The van der Waals surface area contributed by atoms with Crippen LogP contribution >= 0.6 is 0 Å². The molecule has 0 saturated carbocycles. The van der Waals surface area contributed by atoms with Crippen molar-refractivity contribution in [2.24, 2.45) is 0 Å². The van der Waals surface area contributed by atoms with Gasteiger partial charge in [-0.15, -0.1) is 0 Å². The van der Waals surface area contributed by atoms with Crippen LogP contribution in [0, 0.1) is 5.82 Å². The summed E-state index contributed by atoms with van der Waals surface area (Å²) in [5.74, 6) is -0.00393. The molecular weight excluding hydrogens is 399 g/mol. The molecule has 2 amide bonds. The fourth-order valence-corrected chi connectivity index (χ4v) is 2.66. The van der Waals surface area contributed by atoms with E-state index < -0.39 is 0 Å². The van der Waals surface area contributed by atoms with Crippen LogP contribution in [-0.2, 0) is 11.4 Å². The van der Waals surface area contributed by atoms with Crippen molar-refractivity contribution in [2.75, 3.05) is 26.0 Å². The molecule has 1 N–H and O–H groups in total. The average molecular weight is 422 g/mol. The number of nitrogens with zero attached hydrogens (tertiary/aromatic N) is 1. The number of likely N-dealkylation sites (N-methyl/N-ethyl adjacent to an activating group) is 1. The highest BCUT2D eigenvalue weighted by Crippen LogP contribution is 2.22. The molecule has 0 aliphatic carbocycles. The summed E-state index contributed by atoms with van der Waals surface area (Å²) < 4.78 is 24.3. The van der Waals surface area contributed by atoms with E-state index in [0.29, 0.717) is 22.7 Å². The lowest BCUT2D eigenvalue weighted by atomic mass is 10.2. The van der Waals surface area contributed by atoms with Crippen LogP contribution in [-0.4, -0.2) is 37.4 Å². The number of carbonyl (C=O) groups excluding carboxylic acids is 2. The molecule has 3 rings (SSSR count). The molecule has 6 nitrogen and oxygen atoms in total. The predicted molar refractivity (Wildman–Crippen MR) is 116 cm³/mol. The molecule has 0 saturated heterocycles. The van der Waals surface area contributed by atoms with Gasteiger partial charge in [0, 0.05) is 25.8 Å². The van der Waals surface area contributed by atoms with Crippen LogP contribution in [0.2, 0.25) is 0 Å². The fraction of sp³-hybridized carbons (Fsp3) is 0.167. The number of halogens is 1. The molecule has 0 spiro atoms. The maximum Gasteiger partial charge on any atom is 0.259 e. The number of anilines is 1. The second kappa shape index (κ2) is 10.2. The number of para-hydroxylation sites is 1. The highest BCUT2D eigenvalue weighted by molar-refractivity contribution is 6.06. The average Bonchev–Trinajstić information content (AvgIpc) is 2.77. The molecule has 3 aromatic carbocycles. The van der Waals surface area contributed by atoms with Crippen molar-refractivity contribution in [3.8, 4) is 11.5 Å². The van der Waals surface area contributed by atoms with E-state index in [0.717, 1.165) is 5.56 Å². The van der Waals surface area contributed by atoms with E-state index in [1.165, 1.54) is 17.0 Å². The largest absolute Gasteiger partial charge is 0.489 e. The molecule has 0 radical (unpaired) electrons. The normalized spacial score (nSPS) is 10.3. The van der Waals surface area contributed by atoms with Gasteiger partial charge in [-0.1, -0.05) is 30.3 Å². The Kier molecular flexibility index (Phi) is 7.22. The molecule has 0 atom stereocenters. The number of carbonyl (C=O) groups is 2. The molecular formula is C24H23FN2O4. The summed E-state index contributed by atoms with van der Waals surface area (Å²) in [7, 11) is 3.27. The summed E-state index contributed by atoms with van der Waals surface area (Å²) in [5, 5.41) is 2.81. The third kappa shape index (κ3) is 6.30. The van der Waals surface area contributed by atoms with Crippen molar-refractivity contribution in [3.05, 3.63) is 89.7 Å². The lowest BCUT2D eigenvalue weighted by Crippen LogP contribution is -2.28. The van der Waals surface area contributed by atoms with E-state index in [4.69, 9.17) is 9.47 Å². The minimum atomic E-state index is -0.372. The zero-order valence-corrected chi connectivity index (χ0v) is 17.3. The molecule has 0 heterocycles. The zero-order valence-electron chi connectivity index (χ0n) is 17.3. The van der Waals surface area contributed by atoms with Crippen molar-refractivity contribution < 1.29 is 23.5 Å². The fourth-order valence-electron chi connectivity index (χ4n) is 2.66. The highest BCUT2D eigenvalue weighted by Gasteiger charge is 2.14. The highest BCUT2D eigenvalue weighted by atomic mass is 19.1. The lowest BCUT2D eigenvalue weighted by molar-refractivity contribution is -0.130. The first-order chi connectivity index (χ1) is 14.9. The lowest BCUT2D eigenvalue weighted by Gasteiger charge is -2.14. The van der Waals surface area contributed by atoms with Crippen molar-refractivity contribution in [3.63, 3.8) is 0 Å². The first-order valence-corrected chi connectivity index (χ1v) is 9.63. The van der Waals surface area contributed by atoms with Gasteiger partial charge >= 0.3 is 0 Å². The molecule has 0 aliphatic heterocycles. The van der Waals surface area contributed by atoms with Gasteiger partial charge < -0.3 is 19.7 Å². The molecule has 0 bridgehead atoms. The van der Waals surface area contributed by atoms with Crippen LogP contribution in [0.4, 0.5) is 10.1 Å². The van der Waals surface area contributed by atoms with E-state index in [1.54, 1.807) is 74.8 Å². The Morgan fingerprint density at radius 1 is 0.935 bits per heavy atom. The molecule has 7 heteroatoms. The number of hydrogen-bond acceptors (Lipinski definition) is 4. The number of nitrogens with one attached hydrogen (secondary N) is 1. The number of benzene rings is 3. The van der Waals surface area contributed by atoms with Crippen molar-refractivity contribution in [2.45, 2.75) is 6.61 Å². The van der Waals surface area contributed by atoms with Crippen molar-refractivity contribution in [1.82, 2.24) is 4.90 Å². The topological polar surface area (TPSA) is 67.9 Å². The third-order valence-corrected chi connectivity index (χ3v) is 4.39. The SMILES string of the molecule is CN(C)C(=O)COc1ccccc1C(=O)Nc1cccc(OCc2ccc(F)cc2)c1. The summed E-state index contributed by atoms with van der Waals surface area (Å²) in [6.07, 6.45) is 0. The van der Waals surface area contributed by atoms with Gasteiger partial charge in [0.05, 0.1) is 5.56 Å². The Balaban J connectivity index is 1.65. The quantitative estimate of drug-likeness (QED) is 0.593. The predicted octanol–water partition coefficient (Wildman–Crippen LogP) is 4.12. The van der Waals surface area contributed by atoms with E-state index in [9.17, 15) is 14.0 Å². The van der Waals surface area contributed by atoms with Crippen LogP contribution in [0.1, 0.15) is 15.9 Å². The van der Waals surface area contributed by atoms with Gasteiger partial charge in [-0.2, -0.15) is 0 Å². The second-order valence-electron chi connectivity index (χ2n) is 6.97. The van der Waals surface area contributed by atoms with Crippen LogP contribution in [0.5, 0.6) is 11.5 Å². The summed E-state index contributed by atoms with van der Waals surface area (Å²) in [4.78, 5) is 26.0. The standard InChI is InChI=1S/C24H23FN2O4/c1-27(2)23(28)16-31-22-9-4-3-8-21(22)24(29)26-19-6-5-7-20(14-19)30-15-17-10-12-18(25)13-11-17/h3-14H,15-16H2,1-2H3,(H,26,29). The number of amides is 2. The maximum absolute atomic E-state index is 13.0. The Morgan fingerprint density at radius 2 is 1.68 bits per heavy atom. The van der Waals surface area contributed by atoms with Gasteiger partial charge in [0.25, 0.3) is 11.8 Å². The van der Waals surface area contributed by atoms with E-state index in [2.05, 4.69) is 5.32 Å². The van der Waals surface area contributed by atoms with Gasteiger partial charge in [-0.3, -0.25) is 9.59 Å². The van der Waals surface area contributed by atoms with Crippen LogP contribution in [0.3, 0.4) is 0 Å². The second-order valence-corrected chi connectivity index (χ2v) is 6.97. The van der Waals surface area contributed by atoms with Crippen LogP contribution in [0.15, 0.2) is 72.8 Å². The molecule has 31 heavy (non-hydrogen) atoms. The number of ether oxygens (including phenoxy) is 2. The summed E-state index contributed by atoms with van der Waals surface area (Å²) in [6, 6.07) is 19.7. The third-order valence-electron chi connectivity index (χ3n) is 4.39. The minimum absolute atomic E-state index is 0.163. The van der Waals surface area contributed by atoms with E-state index >= 15 is 0 Å². The first-order valence-electron chi connectivity index (χ1n) is 9.63. The van der Waals surface area contributed by atoms with Crippen molar-refractivity contribution >= 4 is 17.5 Å². The minimum Gasteiger partial charge on any atom is -0.489 e. The Labute approximate surface area is 180 Å². The number of rotatable bonds is 8. The van der Waals surface area contributed by atoms with Gasteiger partial charge in [0.15, 0.2) is 6.61 Å². The molecule has 0 aromatic heterocycles. The molecule has 3 aromatic rings. The van der Waals surface area contributed by atoms with E-state index in [-0.39, 0.29) is 30.8 Å². The maximum atomic E-state index is 13.0. The van der Waals surface area contributed by atoms with Gasteiger partial charge in [0.2, 0.25) is 0 Å². The van der Waals surface area contributed by atoms with Gasteiger partial charge in [-0.25, -0.2) is 4.39 Å². The summed E-state index contributed by atoms with van der Waals surface area (Å²) in [5.41, 5.74) is 1.68. The smallest absolute Gasteiger partial charge is 0.259 e. The Morgan fingerprint density at radius 3 is 2.42 bits per heavy atom. The van der Waals surface area contributed by atoms with Crippen LogP contribution < -0.4 is 14.8 Å². The Hall–Kier alpha value is -3.87. The van der Waals surface area contributed by atoms with Gasteiger partial charge in [-0.05, 0) is 42.0 Å². The Bertz CT molecular complexity index is 1050. The zero-order chi connectivity index (χ0) is 22.2. The number of hydrogen-bond donors (Lipinski definition) is 1. The van der Waals surface area contributed by atoms with E-state index in [1.807, 2.05) is 0 Å². The molecule has 160 valence electrons. The van der Waals surface area contributed by atoms with Crippen molar-refractivity contribution in [1.29, 1.82) is 0 Å². The monoisotopic (exact) mass is 422 g/mol. The summed E-state index contributed by atoms with van der Waals surface area (Å²) >= 11 is 0. The van der Waals surface area contributed by atoms with Crippen LogP contribution in [0.25, 0.3) is 0 Å². The van der Waals surface area contributed by atoms with Gasteiger partial charge in [0.1, 0.15) is 23.9 Å². The first kappa shape index (κ1) is 21.8. The summed E-state index contributed by atoms with van der Waals surface area (Å²) in [6.45, 7) is 0.109. The molecule has 0 fully saturated rings. The molecule has 0 unspecified atom stereocenters.